The summed E-state index contributed by atoms with van der Waals surface area (Å²) in [5.74, 6) is 0. The van der Waals surface area contributed by atoms with Crippen molar-refractivity contribution in [2.75, 3.05) is 10.5 Å². The number of nitrogens with two attached hydrogens (primary N) is 1. The zero-order valence-corrected chi connectivity index (χ0v) is 14.6. The van der Waals surface area contributed by atoms with E-state index in [-0.39, 0.29) is 4.90 Å². The van der Waals surface area contributed by atoms with E-state index in [0.717, 1.165) is 5.56 Å². The van der Waals surface area contributed by atoms with Crippen LogP contribution >= 0.6 is 27.5 Å². The highest BCUT2D eigenvalue weighted by atomic mass is 79.9. The van der Waals surface area contributed by atoms with Gasteiger partial charge >= 0.3 is 0 Å². The summed E-state index contributed by atoms with van der Waals surface area (Å²) >= 11 is 9.16. The van der Waals surface area contributed by atoms with Crippen LogP contribution in [0, 0.1) is 13.8 Å². The minimum Gasteiger partial charge on any atom is -0.399 e. The van der Waals surface area contributed by atoms with Crippen LogP contribution in [0.1, 0.15) is 11.1 Å². The van der Waals surface area contributed by atoms with Gasteiger partial charge < -0.3 is 5.73 Å². The molecule has 7 heteroatoms. The van der Waals surface area contributed by atoms with E-state index < -0.39 is 10.0 Å². The number of halogens is 2. The molecule has 0 atom stereocenters. The van der Waals surface area contributed by atoms with Crippen LogP contribution in [0.3, 0.4) is 0 Å². The third-order valence-corrected chi connectivity index (χ3v) is 5.82. The van der Waals surface area contributed by atoms with Gasteiger partial charge in [0.05, 0.1) is 15.6 Å². The average Bonchev–Trinajstić information content (AvgIpc) is 2.37. The lowest BCUT2D eigenvalue weighted by Crippen LogP contribution is -2.15. The second kappa shape index (κ2) is 5.87. The lowest BCUT2D eigenvalue weighted by atomic mass is 10.1. The van der Waals surface area contributed by atoms with Crippen LogP contribution in [0.4, 0.5) is 11.4 Å². The first-order valence-electron chi connectivity index (χ1n) is 6.05. The standard InChI is InChI=1S/C14H14BrClN2O2S/c1-8-5-10(17)6-14(9(8)2)21(19,20)18-11-3-4-13(16)12(15)7-11/h3-7,18H,17H2,1-2H3. The van der Waals surface area contributed by atoms with Gasteiger partial charge in [-0.15, -0.1) is 0 Å². The number of anilines is 2. The smallest absolute Gasteiger partial charge is 0.262 e. The molecule has 4 nitrogen and oxygen atoms in total. The predicted molar refractivity (Wildman–Crippen MR) is 90.3 cm³/mol. The maximum atomic E-state index is 12.5. The summed E-state index contributed by atoms with van der Waals surface area (Å²) in [6.07, 6.45) is 0. The summed E-state index contributed by atoms with van der Waals surface area (Å²) in [6.45, 7) is 3.57. The second-order valence-electron chi connectivity index (χ2n) is 4.70. The van der Waals surface area contributed by atoms with Gasteiger partial charge in [0.1, 0.15) is 0 Å². The Balaban J connectivity index is 2.45. The highest BCUT2D eigenvalue weighted by Crippen LogP contribution is 2.28. The molecular weight excluding hydrogens is 376 g/mol. The Hall–Kier alpha value is -1.24. The lowest BCUT2D eigenvalue weighted by molar-refractivity contribution is 0.600. The highest BCUT2D eigenvalue weighted by Gasteiger charge is 2.19. The molecule has 0 aromatic heterocycles. The van der Waals surface area contributed by atoms with E-state index in [2.05, 4.69) is 20.7 Å². The van der Waals surface area contributed by atoms with Crippen LogP contribution in [0.5, 0.6) is 0 Å². The average molecular weight is 390 g/mol. The van der Waals surface area contributed by atoms with Crippen molar-refractivity contribution in [3.05, 3.63) is 51.0 Å². The van der Waals surface area contributed by atoms with Gasteiger partial charge in [-0.3, -0.25) is 4.72 Å². The summed E-state index contributed by atoms with van der Waals surface area (Å²) in [6, 6.07) is 8.01. The van der Waals surface area contributed by atoms with Gasteiger partial charge in [-0.2, -0.15) is 0 Å². The molecule has 0 saturated heterocycles. The summed E-state index contributed by atoms with van der Waals surface area (Å²) in [5.41, 5.74) is 8.08. The van der Waals surface area contributed by atoms with E-state index in [1.807, 2.05) is 6.92 Å². The van der Waals surface area contributed by atoms with Crippen molar-refractivity contribution in [3.63, 3.8) is 0 Å². The van der Waals surface area contributed by atoms with Crippen molar-refractivity contribution in [1.82, 2.24) is 0 Å². The van der Waals surface area contributed by atoms with Crippen molar-refractivity contribution >= 4 is 48.9 Å². The number of benzene rings is 2. The summed E-state index contributed by atoms with van der Waals surface area (Å²) < 4.78 is 28.2. The summed E-state index contributed by atoms with van der Waals surface area (Å²) in [7, 11) is -3.71. The molecule has 2 rings (SSSR count). The Morgan fingerprint density at radius 1 is 1.19 bits per heavy atom. The first-order chi connectivity index (χ1) is 9.70. The van der Waals surface area contributed by atoms with Gasteiger partial charge in [-0.05, 0) is 71.2 Å². The Morgan fingerprint density at radius 3 is 2.48 bits per heavy atom. The number of nitrogen functional groups attached to an aromatic ring is 1. The van der Waals surface area contributed by atoms with Gasteiger partial charge in [0, 0.05) is 10.2 Å². The molecule has 0 saturated carbocycles. The second-order valence-corrected chi connectivity index (χ2v) is 7.61. The zero-order valence-electron chi connectivity index (χ0n) is 11.4. The van der Waals surface area contributed by atoms with E-state index in [0.29, 0.717) is 26.4 Å². The van der Waals surface area contributed by atoms with E-state index in [9.17, 15) is 8.42 Å². The number of hydrogen-bond donors (Lipinski definition) is 2. The normalized spacial score (nSPS) is 11.4. The van der Waals surface area contributed by atoms with Crippen LogP contribution in [-0.4, -0.2) is 8.42 Å². The molecule has 0 spiro atoms. The Kier molecular flexibility index (Phi) is 4.51. The lowest BCUT2D eigenvalue weighted by Gasteiger charge is -2.13. The molecule has 0 fully saturated rings. The topological polar surface area (TPSA) is 72.2 Å². The van der Waals surface area contributed by atoms with Gasteiger partial charge in [0.25, 0.3) is 10.0 Å². The van der Waals surface area contributed by atoms with E-state index in [4.69, 9.17) is 17.3 Å². The first kappa shape index (κ1) is 16.1. The Labute approximate surface area is 137 Å². The highest BCUT2D eigenvalue weighted by molar-refractivity contribution is 9.10. The summed E-state index contributed by atoms with van der Waals surface area (Å²) in [5, 5.41) is 0.508. The third kappa shape index (κ3) is 3.51. The zero-order chi connectivity index (χ0) is 15.8. The van der Waals surface area contributed by atoms with Gasteiger partial charge in [0.2, 0.25) is 0 Å². The number of sulfonamides is 1. The molecule has 0 unspecified atom stereocenters. The Morgan fingerprint density at radius 2 is 1.86 bits per heavy atom. The van der Waals surface area contributed by atoms with Crippen molar-refractivity contribution in [2.45, 2.75) is 18.7 Å². The molecule has 112 valence electrons. The van der Waals surface area contributed by atoms with Crippen LogP contribution in [-0.2, 0) is 10.0 Å². The monoisotopic (exact) mass is 388 g/mol. The number of rotatable bonds is 3. The largest absolute Gasteiger partial charge is 0.399 e. The van der Waals surface area contributed by atoms with Crippen molar-refractivity contribution in [3.8, 4) is 0 Å². The Bertz CT molecular complexity index is 807. The maximum absolute atomic E-state index is 12.5. The molecule has 0 aliphatic rings. The number of aryl methyl sites for hydroxylation is 1. The number of hydrogen-bond acceptors (Lipinski definition) is 3. The molecule has 2 aromatic rings. The fourth-order valence-electron chi connectivity index (χ4n) is 1.90. The van der Waals surface area contributed by atoms with Crippen LogP contribution in [0.15, 0.2) is 39.7 Å². The third-order valence-electron chi connectivity index (χ3n) is 3.10. The molecule has 21 heavy (non-hydrogen) atoms. The van der Waals surface area contributed by atoms with E-state index in [1.165, 1.54) is 6.07 Å². The molecular formula is C14H14BrClN2O2S. The van der Waals surface area contributed by atoms with Crippen molar-refractivity contribution < 1.29 is 8.42 Å². The quantitative estimate of drug-likeness (QED) is 0.776. The molecule has 0 heterocycles. The van der Waals surface area contributed by atoms with Crippen LogP contribution in [0.2, 0.25) is 5.02 Å². The SMILES string of the molecule is Cc1cc(N)cc(S(=O)(=O)Nc2ccc(Cl)c(Br)c2)c1C. The summed E-state index contributed by atoms with van der Waals surface area (Å²) in [4.78, 5) is 0.172. The van der Waals surface area contributed by atoms with Gasteiger partial charge in [0.15, 0.2) is 0 Å². The van der Waals surface area contributed by atoms with Crippen molar-refractivity contribution in [1.29, 1.82) is 0 Å². The molecule has 0 bridgehead atoms. The molecule has 0 radical (unpaired) electrons. The minimum absolute atomic E-state index is 0.172. The fourth-order valence-corrected chi connectivity index (χ4v) is 3.80. The van der Waals surface area contributed by atoms with Gasteiger partial charge in [-0.25, -0.2) is 8.42 Å². The van der Waals surface area contributed by atoms with Crippen LogP contribution < -0.4 is 10.5 Å². The number of nitrogens with one attached hydrogen (secondary N) is 1. The van der Waals surface area contributed by atoms with E-state index >= 15 is 0 Å². The van der Waals surface area contributed by atoms with E-state index in [1.54, 1.807) is 31.2 Å². The van der Waals surface area contributed by atoms with Crippen LogP contribution in [0.25, 0.3) is 0 Å². The molecule has 0 aliphatic carbocycles. The molecule has 0 aliphatic heterocycles. The predicted octanol–water partition coefficient (Wildman–Crippen LogP) is 4.10. The first-order valence-corrected chi connectivity index (χ1v) is 8.71. The minimum atomic E-state index is -3.71. The van der Waals surface area contributed by atoms with Gasteiger partial charge in [-0.1, -0.05) is 11.6 Å². The van der Waals surface area contributed by atoms with Crippen molar-refractivity contribution in [2.24, 2.45) is 0 Å². The fraction of sp³-hybridized carbons (Fsp3) is 0.143. The molecule has 0 amide bonds. The maximum Gasteiger partial charge on any atom is 0.262 e. The molecule has 3 N–H and O–H groups in total. The molecule has 2 aromatic carbocycles.